The van der Waals surface area contributed by atoms with Gasteiger partial charge in [0, 0.05) is 27.2 Å². The van der Waals surface area contributed by atoms with Crippen LogP contribution in [-0.4, -0.2) is 81.1 Å². The van der Waals surface area contributed by atoms with E-state index in [0.717, 1.165) is 34.2 Å². The van der Waals surface area contributed by atoms with Gasteiger partial charge < -0.3 is 9.64 Å². The molecule has 168 valence electrons. The van der Waals surface area contributed by atoms with Crippen molar-refractivity contribution in [3.8, 4) is 0 Å². The summed E-state index contributed by atoms with van der Waals surface area (Å²) in [7, 11) is -1.42. The van der Waals surface area contributed by atoms with Crippen molar-refractivity contribution in [2.45, 2.75) is 41.0 Å². The summed E-state index contributed by atoms with van der Waals surface area (Å²) in [6, 6.07) is 0. The van der Waals surface area contributed by atoms with Gasteiger partial charge in [0.15, 0.2) is 26.5 Å². The van der Waals surface area contributed by atoms with Crippen LogP contribution in [0.4, 0.5) is 0 Å². The van der Waals surface area contributed by atoms with Gasteiger partial charge >= 0.3 is 11.1 Å². The number of aryl methyl sites for hydroxylation is 1. The number of carbonyl (C=O) groups is 2. The number of aromatic amines is 1. The van der Waals surface area contributed by atoms with Crippen LogP contribution < -0.4 is 11.1 Å². The van der Waals surface area contributed by atoms with Crippen molar-refractivity contribution in [1.29, 1.82) is 0 Å². The summed E-state index contributed by atoms with van der Waals surface area (Å²) in [6.45, 7) is 2.53. The second-order valence-electron chi connectivity index (χ2n) is 7.52. The number of sulfone groups is 1. The smallest absolute Gasteiger partial charge is 0.339 e. The van der Waals surface area contributed by atoms with Crippen LogP contribution in [0.1, 0.15) is 19.8 Å². The molecule has 4 rings (SSSR count). The Morgan fingerprint density at radius 3 is 2.48 bits per heavy atom. The monoisotopic (exact) mass is 471 g/mol. The van der Waals surface area contributed by atoms with Gasteiger partial charge in [0.1, 0.15) is 10.3 Å². The summed E-state index contributed by atoms with van der Waals surface area (Å²) < 4.78 is 31.8. The minimum Gasteiger partial charge on any atom is -0.368 e. The molecule has 0 spiro atoms. The zero-order valence-electron chi connectivity index (χ0n) is 17.0. The molecule has 0 saturated carbocycles. The van der Waals surface area contributed by atoms with Gasteiger partial charge in [-0.25, -0.2) is 8.42 Å². The van der Waals surface area contributed by atoms with Crippen LogP contribution >= 0.6 is 11.8 Å². The minimum absolute atomic E-state index is 0.0203. The molecular formula is C17H21N5O7S2. The highest BCUT2D eigenvalue weighted by atomic mass is 32.3. The quantitative estimate of drug-likeness (QED) is 0.404. The zero-order chi connectivity index (χ0) is 22.7. The number of likely N-dealkylation sites (tertiary alicyclic amines) is 1. The van der Waals surface area contributed by atoms with Crippen LogP contribution in [0, 0.1) is 0 Å². The Bertz CT molecular complexity index is 1210. The Kier molecular flexibility index (Phi) is 5.34. The van der Waals surface area contributed by atoms with Gasteiger partial charge in [-0.1, -0.05) is 11.8 Å². The van der Waals surface area contributed by atoms with Gasteiger partial charge in [-0.15, -0.1) is 0 Å². The topological polar surface area (TPSA) is 152 Å². The molecule has 1 N–H and O–H groups in total. The SMILES string of the molecule is CO[C@H]1C(=O)N2C(C(=O)N3CCCC3)=C(C)C(Sc3nc(=O)c(=O)[nH]n3C)S(=O)(=O)[C@H]12. The normalized spacial score (nSPS) is 27.3. The Morgan fingerprint density at radius 2 is 1.87 bits per heavy atom. The Labute approximate surface area is 181 Å². The number of ether oxygens (including phenoxy) is 1. The van der Waals surface area contributed by atoms with Crippen LogP contribution in [0.25, 0.3) is 0 Å². The summed E-state index contributed by atoms with van der Waals surface area (Å²) in [4.78, 5) is 55.3. The molecule has 0 bridgehead atoms. The van der Waals surface area contributed by atoms with E-state index in [1.807, 2.05) is 0 Å². The van der Waals surface area contributed by atoms with Crippen molar-refractivity contribution in [2.24, 2.45) is 7.05 Å². The number of H-pyrrole nitrogens is 1. The van der Waals surface area contributed by atoms with Gasteiger partial charge in [-0.2, -0.15) is 4.98 Å². The molecule has 3 atom stereocenters. The molecule has 14 heteroatoms. The number of amides is 2. The number of thioether (sulfide) groups is 1. The molecule has 3 aliphatic heterocycles. The average molecular weight is 472 g/mol. The van der Waals surface area contributed by atoms with Crippen LogP contribution in [0.2, 0.25) is 0 Å². The predicted octanol–water partition coefficient (Wildman–Crippen LogP) is -1.61. The van der Waals surface area contributed by atoms with E-state index in [4.69, 9.17) is 4.74 Å². The number of rotatable bonds is 4. The Balaban J connectivity index is 1.84. The first-order chi connectivity index (χ1) is 14.6. The van der Waals surface area contributed by atoms with Gasteiger partial charge in [0.25, 0.3) is 11.8 Å². The second kappa shape index (κ2) is 7.60. The maximum absolute atomic E-state index is 13.4. The van der Waals surface area contributed by atoms with E-state index in [0.29, 0.717) is 13.1 Å². The average Bonchev–Trinajstić information content (AvgIpc) is 3.24. The van der Waals surface area contributed by atoms with Crippen molar-refractivity contribution in [2.75, 3.05) is 20.2 Å². The molecule has 2 saturated heterocycles. The number of methoxy groups -OCH3 is 1. The number of nitrogens with zero attached hydrogens (tertiary/aromatic N) is 4. The highest BCUT2D eigenvalue weighted by Crippen LogP contribution is 2.46. The van der Waals surface area contributed by atoms with Crippen molar-refractivity contribution >= 4 is 33.4 Å². The van der Waals surface area contributed by atoms with E-state index in [1.165, 1.54) is 21.1 Å². The molecule has 1 aromatic heterocycles. The molecule has 1 unspecified atom stereocenters. The number of hydrogen-bond acceptors (Lipinski definition) is 9. The molecular weight excluding hydrogens is 450 g/mol. The van der Waals surface area contributed by atoms with Crippen molar-refractivity contribution in [1.82, 2.24) is 24.6 Å². The third-order valence-corrected chi connectivity index (χ3v) is 9.93. The minimum atomic E-state index is -4.07. The lowest BCUT2D eigenvalue weighted by Crippen LogP contribution is -2.72. The second-order valence-corrected chi connectivity index (χ2v) is 11.0. The summed E-state index contributed by atoms with van der Waals surface area (Å²) in [5.74, 6) is -0.997. The third-order valence-electron chi connectivity index (χ3n) is 5.61. The van der Waals surface area contributed by atoms with Crippen molar-refractivity contribution < 1.29 is 22.7 Å². The van der Waals surface area contributed by atoms with Crippen LogP contribution in [0.3, 0.4) is 0 Å². The standard InChI is InChI=1S/C17H21N5O7S2/c1-8-9(13(25)21-6-4-5-7-21)22-14(26)10(29-3)15(22)31(27,28)16(8)30-17-18-11(23)12(24)19-20(17)2/h10,15-16H,4-7H2,1-3H3,(H,19,24)/t10-,15+,16?/m0/s1. The fourth-order valence-corrected chi connectivity index (χ4v) is 7.93. The number of aromatic nitrogens is 3. The first-order valence-electron chi connectivity index (χ1n) is 9.52. The number of nitrogens with one attached hydrogen (secondary N) is 1. The lowest BCUT2D eigenvalue weighted by molar-refractivity contribution is -0.161. The number of β-lactam (4-membered cyclic amide) rings is 1. The first kappa shape index (κ1) is 21.8. The fraction of sp³-hybridized carbons (Fsp3) is 0.588. The summed E-state index contributed by atoms with van der Waals surface area (Å²) in [5, 5.41) is 0.871. The van der Waals surface area contributed by atoms with Crippen LogP contribution in [0.15, 0.2) is 26.0 Å². The van der Waals surface area contributed by atoms with Crippen molar-refractivity contribution in [3.05, 3.63) is 32.0 Å². The van der Waals surface area contributed by atoms with E-state index in [-0.39, 0.29) is 16.4 Å². The molecule has 3 aliphatic rings. The molecule has 1 aromatic rings. The zero-order valence-corrected chi connectivity index (χ0v) is 18.7. The van der Waals surface area contributed by atoms with E-state index in [2.05, 4.69) is 10.1 Å². The number of hydrogen-bond donors (Lipinski definition) is 1. The third kappa shape index (κ3) is 3.24. The fourth-order valence-electron chi connectivity index (χ4n) is 4.05. The van der Waals surface area contributed by atoms with Gasteiger partial charge in [0.05, 0.1) is 0 Å². The van der Waals surface area contributed by atoms with Crippen molar-refractivity contribution in [3.63, 3.8) is 0 Å². The first-order valence-corrected chi connectivity index (χ1v) is 12.0. The van der Waals surface area contributed by atoms with Gasteiger partial charge in [-0.05, 0) is 25.3 Å². The molecule has 0 aliphatic carbocycles. The summed E-state index contributed by atoms with van der Waals surface area (Å²) >= 11 is 0.718. The molecule has 12 nitrogen and oxygen atoms in total. The van der Waals surface area contributed by atoms with E-state index < -0.39 is 48.8 Å². The number of carbonyl (C=O) groups excluding carboxylic acids is 2. The molecule has 4 heterocycles. The largest absolute Gasteiger partial charge is 0.368 e. The molecule has 0 radical (unpaired) electrons. The van der Waals surface area contributed by atoms with E-state index >= 15 is 0 Å². The number of fused-ring (bicyclic) bond motifs is 1. The molecule has 31 heavy (non-hydrogen) atoms. The maximum atomic E-state index is 13.4. The lowest BCUT2D eigenvalue weighted by atomic mass is 10.0. The lowest BCUT2D eigenvalue weighted by Gasteiger charge is -2.50. The van der Waals surface area contributed by atoms with Gasteiger partial charge in [-0.3, -0.25) is 33.9 Å². The molecule has 0 aromatic carbocycles. The highest BCUT2D eigenvalue weighted by molar-refractivity contribution is 8.14. The van der Waals surface area contributed by atoms with E-state index in [1.54, 1.807) is 4.90 Å². The highest BCUT2D eigenvalue weighted by Gasteiger charge is 2.63. The molecule has 2 fully saturated rings. The summed E-state index contributed by atoms with van der Waals surface area (Å²) in [5.41, 5.74) is -1.81. The molecule has 2 amide bonds. The Hall–Kier alpha value is -2.45. The van der Waals surface area contributed by atoms with E-state index in [9.17, 15) is 27.6 Å². The maximum Gasteiger partial charge on any atom is 0.339 e. The van der Waals surface area contributed by atoms with Crippen LogP contribution in [0.5, 0.6) is 0 Å². The van der Waals surface area contributed by atoms with Crippen LogP contribution in [-0.2, 0) is 31.2 Å². The Morgan fingerprint density at radius 1 is 1.23 bits per heavy atom. The predicted molar refractivity (Wildman–Crippen MR) is 109 cm³/mol. The summed E-state index contributed by atoms with van der Waals surface area (Å²) in [6.07, 6.45) is 0.432. The van der Waals surface area contributed by atoms with Gasteiger partial charge in [0.2, 0.25) is 0 Å².